The molecule has 0 aliphatic rings. The molecule has 10 heteroatoms. The molecule has 1 aromatic rings. The first-order valence-corrected chi connectivity index (χ1v) is 8.88. The third-order valence-electron chi connectivity index (χ3n) is 2.42. The van der Waals surface area contributed by atoms with Gasteiger partial charge in [0.1, 0.15) is 5.75 Å². The normalized spacial score (nSPS) is 11.4. The monoisotopic (exact) mass is 410 g/mol. The van der Waals surface area contributed by atoms with Gasteiger partial charge in [-0.25, -0.2) is 14.4 Å². The van der Waals surface area contributed by atoms with Crippen LogP contribution in [0.25, 0.3) is 0 Å². The Labute approximate surface area is 158 Å². The molecule has 25 heavy (non-hydrogen) atoms. The molecule has 0 N–H and O–H groups in total. The van der Waals surface area contributed by atoms with Gasteiger partial charge in [0.05, 0.1) is 11.6 Å². The zero-order valence-corrected chi connectivity index (χ0v) is 15.8. The molecule has 0 saturated heterocycles. The summed E-state index contributed by atoms with van der Waals surface area (Å²) in [6, 6.07) is 4.44. The molecule has 7 nitrogen and oxygen atoms in total. The minimum absolute atomic E-state index is 0.0300. The molecule has 0 spiro atoms. The average Bonchev–Trinajstić information content (AvgIpc) is 2.54. The highest BCUT2D eigenvalue weighted by molar-refractivity contribution is 8.13. The Bertz CT molecular complexity index is 624. The molecule has 0 aromatic heterocycles. The Kier molecular flexibility index (Phi) is 9.48. The summed E-state index contributed by atoms with van der Waals surface area (Å²) in [6.45, 7) is 2.75. The van der Waals surface area contributed by atoms with Crippen LogP contribution >= 0.6 is 35.0 Å². The van der Waals surface area contributed by atoms with Crippen LogP contribution in [0.3, 0.4) is 0 Å². The van der Waals surface area contributed by atoms with E-state index in [1.165, 1.54) is 18.2 Å². The van der Waals surface area contributed by atoms with Crippen LogP contribution in [0.5, 0.6) is 5.75 Å². The van der Waals surface area contributed by atoms with E-state index in [-0.39, 0.29) is 17.4 Å². The van der Waals surface area contributed by atoms with E-state index in [0.29, 0.717) is 10.8 Å². The molecule has 0 bridgehead atoms. The Morgan fingerprint density at radius 2 is 1.88 bits per heavy atom. The van der Waals surface area contributed by atoms with Crippen molar-refractivity contribution in [3.8, 4) is 5.75 Å². The van der Waals surface area contributed by atoms with Crippen LogP contribution in [0, 0.1) is 0 Å². The highest BCUT2D eigenvalue weighted by Crippen LogP contribution is 2.27. The van der Waals surface area contributed by atoms with Crippen molar-refractivity contribution in [1.29, 1.82) is 0 Å². The minimum Gasteiger partial charge on any atom is -0.480 e. The Morgan fingerprint density at radius 1 is 1.16 bits per heavy atom. The van der Waals surface area contributed by atoms with Crippen molar-refractivity contribution in [3.05, 3.63) is 28.2 Å². The van der Waals surface area contributed by atoms with E-state index in [1.807, 2.05) is 0 Å². The zero-order valence-electron chi connectivity index (χ0n) is 13.5. The summed E-state index contributed by atoms with van der Waals surface area (Å²) in [5.41, 5.74) is 0. The lowest BCUT2D eigenvalue weighted by Gasteiger charge is -2.16. The second-order valence-electron chi connectivity index (χ2n) is 4.24. The van der Waals surface area contributed by atoms with E-state index in [1.54, 1.807) is 13.8 Å². The maximum atomic E-state index is 11.8. The number of hydrogen-bond acceptors (Lipinski definition) is 8. The number of rotatable bonds is 8. The van der Waals surface area contributed by atoms with Gasteiger partial charge in [0, 0.05) is 10.8 Å². The molecule has 138 valence electrons. The topological polar surface area (TPSA) is 88.1 Å². The molecule has 0 aliphatic carbocycles. The van der Waals surface area contributed by atoms with Gasteiger partial charge >= 0.3 is 23.5 Å². The molecule has 0 heterocycles. The van der Waals surface area contributed by atoms with E-state index in [4.69, 9.17) is 42.1 Å². The van der Waals surface area contributed by atoms with Crippen molar-refractivity contribution in [3.63, 3.8) is 0 Å². The van der Waals surface area contributed by atoms with Crippen LogP contribution in [0.1, 0.15) is 13.8 Å². The molecule has 0 aliphatic heterocycles. The lowest BCUT2D eigenvalue weighted by atomic mass is 10.3. The van der Waals surface area contributed by atoms with Gasteiger partial charge < -0.3 is 18.9 Å². The van der Waals surface area contributed by atoms with Gasteiger partial charge in [-0.1, -0.05) is 30.1 Å². The lowest BCUT2D eigenvalue weighted by molar-refractivity contribution is -0.190. The molecule has 1 atom stereocenters. The third-order valence-corrected chi connectivity index (χ3v) is 3.57. The van der Waals surface area contributed by atoms with Crippen LogP contribution in [0.4, 0.5) is 4.79 Å². The predicted molar refractivity (Wildman–Crippen MR) is 93.1 cm³/mol. The van der Waals surface area contributed by atoms with Gasteiger partial charge in [-0.05, 0) is 36.9 Å². The number of esters is 2. The van der Waals surface area contributed by atoms with Gasteiger partial charge in [-0.3, -0.25) is 0 Å². The summed E-state index contributed by atoms with van der Waals surface area (Å²) in [7, 11) is 0. The SMILES string of the molecule is CCOC(=O)C(OC(=O)COc1ccc(Cl)cc1Cl)OC(=O)SCC. The number of carbonyl (C=O) groups is 3. The zero-order chi connectivity index (χ0) is 18.8. The second kappa shape index (κ2) is 11.1. The van der Waals surface area contributed by atoms with Gasteiger partial charge in [0.25, 0.3) is 0 Å². The van der Waals surface area contributed by atoms with Gasteiger partial charge in [-0.15, -0.1) is 0 Å². The number of hydrogen-bond donors (Lipinski definition) is 0. The summed E-state index contributed by atoms with van der Waals surface area (Å²) in [5, 5.41) is -0.161. The first-order valence-electron chi connectivity index (χ1n) is 7.14. The van der Waals surface area contributed by atoms with E-state index in [2.05, 4.69) is 0 Å². The number of ether oxygens (including phenoxy) is 4. The summed E-state index contributed by atoms with van der Waals surface area (Å²) in [4.78, 5) is 35.0. The van der Waals surface area contributed by atoms with Crippen LogP contribution in [0.15, 0.2) is 18.2 Å². The number of thioether (sulfide) groups is 1. The fourth-order valence-electron chi connectivity index (χ4n) is 1.45. The molecule has 0 fully saturated rings. The van der Waals surface area contributed by atoms with Crippen molar-refractivity contribution in [1.82, 2.24) is 0 Å². The van der Waals surface area contributed by atoms with Crippen molar-refractivity contribution in [2.75, 3.05) is 19.0 Å². The Hall–Kier alpha value is -1.64. The molecular formula is C15H16Cl2O7S. The maximum absolute atomic E-state index is 11.8. The van der Waals surface area contributed by atoms with Crippen LogP contribution in [-0.2, 0) is 23.8 Å². The Balaban J connectivity index is 2.63. The average molecular weight is 411 g/mol. The van der Waals surface area contributed by atoms with Gasteiger partial charge in [-0.2, -0.15) is 0 Å². The molecule has 0 radical (unpaired) electrons. The van der Waals surface area contributed by atoms with Crippen molar-refractivity contribution < 1.29 is 33.3 Å². The van der Waals surface area contributed by atoms with Crippen LogP contribution < -0.4 is 4.74 Å². The summed E-state index contributed by atoms with van der Waals surface area (Å²) >= 11 is 12.5. The highest BCUT2D eigenvalue weighted by Gasteiger charge is 2.29. The number of halogens is 2. The largest absolute Gasteiger partial charge is 0.480 e. The smallest absolute Gasteiger partial charge is 0.389 e. The molecule has 0 amide bonds. The quantitative estimate of drug-likeness (QED) is 0.473. The predicted octanol–water partition coefficient (Wildman–Crippen LogP) is 3.69. The van der Waals surface area contributed by atoms with Crippen molar-refractivity contribution in [2.24, 2.45) is 0 Å². The summed E-state index contributed by atoms with van der Waals surface area (Å²) in [5.74, 6) is -1.31. The van der Waals surface area contributed by atoms with E-state index >= 15 is 0 Å². The molecular weight excluding hydrogens is 395 g/mol. The van der Waals surface area contributed by atoms with Gasteiger partial charge in [0.2, 0.25) is 0 Å². The third kappa shape index (κ3) is 7.85. The van der Waals surface area contributed by atoms with Gasteiger partial charge in [0.15, 0.2) is 6.61 Å². The standard InChI is InChI=1S/C15H16Cl2O7S/c1-3-21-13(19)14(24-15(20)25-4-2)23-12(18)8-22-11-6-5-9(16)7-10(11)17/h5-7,14H,3-4,8H2,1-2H3. The molecule has 0 saturated carbocycles. The number of carbonyl (C=O) groups excluding carboxylic acids is 3. The first-order chi connectivity index (χ1) is 11.9. The second-order valence-corrected chi connectivity index (χ2v) is 6.28. The number of benzene rings is 1. The van der Waals surface area contributed by atoms with Crippen LogP contribution in [0.2, 0.25) is 10.0 Å². The van der Waals surface area contributed by atoms with E-state index in [0.717, 1.165) is 11.8 Å². The summed E-state index contributed by atoms with van der Waals surface area (Å²) in [6.07, 6.45) is -1.80. The molecule has 1 rings (SSSR count). The van der Waals surface area contributed by atoms with Crippen molar-refractivity contribution in [2.45, 2.75) is 20.1 Å². The maximum Gasteiger partial charge on any atom is 0.389 e. The van der Waals surface area contributed by atoms with Crippen LogP contribution in [-0.4, -0.2) is 42.5 Å². The van der Waals surface area contributed by atoms with E-state index in [9.17, 15) is 14.4 Å². The van der Waals surface area contributed by atoms with Crippen molar-refractivity contribution >= 4 is 52.2 Å². The van der Waals surface area contributed by atoms with E-state index < -0.39 is 30.1 Å². The fraction of sp³-hybridized carbons (Fsp3) is 0.400. The Morgan fingerprint density at radius 3 is 2.48 bits per heavy atom. The highest BCUT2D eigenvalue weighted by atomic mass is 35.5. The molecule has 1 unspecified atom stereocenters. The molecule has 1 aromatic carbocycles. The summed E-state index contributed by atoms with van der Waals surface area (Å²) < 4.78 is 19.5. The fourth-order valence-corrected chi connectivity index (χ4v) is 2.31. The minimum atomic E-state index is -1.80. The lowest BCUT2D eigenvalue weighted by Crippen LogP contribution is -2.34. The first kappa shape index (κ1) is 21.4.